The molecule has 2 aromatic heterocycles. The first-order chi connectivity index (χ1) is 11.1. The van der Waals surface area contributed by atoms with Gasteiger partial charge in [0.2, 0.25) is 0 Å². The number of carbonyl (C=O) groups is 1. The van der Waals surface area contributed by atoms with Gasteiger partial charge in [0.15, 0.2) is 0 Å². The van der Waals surface area contributed by atoms with Gasteiger partial charge < -0.3 is 10.2 Å². The zero-order valence-corrected chi connectivity index (χ0v) is 12.5. The number of benzene rings is 1. The fourth-order valence-corrected chi connectivity index (χ4v) is 3.24. The molecule has 6 heteroatoms. The SMILES string of the molecule is N#Cc1cc(-c2cc(C(=O)O)c(O)cn2)sc1-c1ccccc1. The maximum absolute atomic E-state index is 11.1. The molecular weight excluding hydrogens is 312 g/mol. The van der Waals surface area contributed by atoms with Gasteiger partial charge in [0.05, 0.1) is 27.2 Å². The zero-order valence-electron chi connectivity index (χ0n) is 11.7. The van der Waals surface area contributed by atoms with E-state index in [0.29, 0.717) is 16.1 Å². The Balaban J connectivity index is 2.13. The van der Waals surface area contributed by atoms with E-state index < -0.39 is 5.97 Å². The molecule has 0 atom stereocenters. The van der Waals surface area contributed by atoms with Gasteiger partial charge in [-0.2, -0.15) is 5.26 Å². The van der Waals surface area contributed by atoms with Crippen molar-refractivity contribution in [1.29, 1.82) is 5.26 Å². The normalized spacial score (nSPS) is 10.2. The van der Waals surface area contributed by atoms with Gasteiger partial charge in [-0.1, -0.05) is 30.3 Å². The van der Waals surface area contributed by atoms with Gasteiger partial charge in [0, 0.05) is 0 Å². The predicted molar refractivity (Wildman–Crippen MR) is 86.3 cm³/mol. The largest absolute Gasteiger partial charge is 0.505 e. The van der Waals surface area contributed by atoms with Crippen LogP contribution in [0.4, 0.5) is 0 Å². The summed E-state index contributed by atoms with van der Waals surface area (Å²) in [4.78, 5) is 16.7. The summed E-state index contributed by atoms with van der Waals surface area (Å²) >= 11 is 1.36. The molecule has 0 spiro atoms. The van der Waals surface area contributed by atoms with E-state index in [-0.39, 0.29) is 11.3 Å². The number of pyridine rings is 1. The van der Waals surface area contributed by atoms with Crippen LogP contribution in [0, 0.1) is 11.3 Å². The van der Waals surface area contributed by atoms with E-state index in [4.69, 9.17) is 5.11 Å². The lowest BCUT2D eigenvalue weighted by atomic mass is 10.1. The summed E-state index contributed by atoms with van der Waals surface area (Å²) in [7, 11) is 0. The highest BCUT2D eigenvalue weighted by molar-refractivity contribution is 7.19. The Bertz CT molecular complexity index is 927. The molecule has 23 heavy (non-hydrogen) atoms. The quantitative estimate of drug-likeness (QED) is 0.766. The predicted octanol–water partition coefficient (Wildman–Crippen LogP) is 3.75. The van der Waals surface area contributed by atoms with Crippen LogP contribution >= 0.6 is 11.3 Å². The minimum Gasteiger partial charge on any atom is -0.505 e. The molecule has 3 rings (SSSR count). The van der Waals surface area contributed by atoms with E-state index in [0.717, 1.165) is 16.6 Å². The number of carboxylic acid groups (broad SMARTS) is 1. The molecule has 0 fully saturated rings. The topological polar surface area (TPSA) is 94.2 Å². The highest BCUT2D eigenvalue weighted by Gasteiger charge is 2.16. The number of aromatic nitrogens is 1. The molecule has 0 amide bonds. The van der Waals surface area contributed by atoms with Crippen LogP contribution in [0.2, 0.25) is 0 Å². The monoisotopic (exact) mass is 322 g/mol. The first-order valence-corrected chi connectivity index (χ1v) is 7.44. The third kappa shape index (κ3) is 2.78. The number of hydrogen-bond acceptors (Lipinski definition) is 5. The first-order valence-electron chi connectivity index (χ1n) is 6.62. The van der Waals surface area contributed by atoms with Crippen molar-refractivity contribution in [2.24, 2.45) is 0 Å². The highest BCUT2D eigenvalue weighted by Crippen LogP contribution is 2.37. The van der Waals surface area contributed by atoms with Crippen molar-refractivity contribution in [2.75, 3.05) is 0 Å². The fourth-order valence-electron chi connectivity index (χ4n) is 2.16. The van der Waals surface area contributed by atoms with Gasteiger partial charge in [-0.3, -0.25) is 4.98 Å². The number of nitriles is 1. The highest BCUT2D eigenvalue weighted by atomic mass is 32.1. The third-order valence-corrected chi connectivity index (χ3v) is 4.46. The van der Waals surface area contributed by atoms with Crippen molar-refractivity contribution in [3.8, 4) is 32.8 Å². The Labute approximate surface area is 135 Å². The smallest absolute Gasteiger partial charge is 0.339 e. The number of rotatable bonds is 3. The molecule has 1 aromatic carbocycles. The van der Waals surface area contributed by atoms with Crippen LogP contribution in [-0.4, -0.2) is 21.2 Å². The van der Waals surface area contributed by atoms with Crippen LogP contribution in [0.3, 0.4) is 0 Å². The number of thiophene rings is 1. The molecule has 5 nitrogen and oxygen atoms in total. The lowest BCUT2D eigenvalue weighted by molar-refractivity contribution is 0.0693. The maximum atomic E-state index is 11.1. The molecule has 3 aromatic rings. The average Bonchev–Trinajstić information content (AvgIpc) is 3.00. The fraction of sp³-hybridized carbons (Fsp3) is 0. The number of aromatic hydroxyl groups is 1. The Morgan fingerprint density at radius 1 is 1.22 bits per heavy atom. The molecule has 0 aliphatic rings. The molecular formula is C17H10N2O3S. The van der Waals surface area contributed by atoms with E-state index in [1.807, 2.05) is 30.3 Å². The average molecular weight is 322 g/mol. The summed E-state index contributed by atoms with van der Waals surface area (Å²) in [5, 5.41) is 28.0. The molecule has 0 unspecified atom stereocenters. The van der Waals surface area contributed by atoms with E-state index in [1.165, 1.54) is 17.4 Å². The summed E-state index contributed by atoms with van der Waals surface area (Å²) in [6.45, 7) is 0. The van der Waals surface area contributed by atoms with Crippen molar-refractivity contribution >= 4 is 17.3 Å². The molecule has 112 valence electrons. The van der Waals surface area contributed by atoms with Crippen LogP contribution < -0.4 is 0 Å². The summed E-state index contributed by atoms with van der Waals surface area (Å²) in [5.74, 6) is -1.62. The Morgan fingerprint density at radius 3 is 2.61 bits per heavy atom. The number of aromatic carboxylic acids is 1. The number of carboxylic acids is 1. The Morgan fingerprint density at radius 2 is 1.96 bits per heavy atom. The minimum absolute atomic E-state index is 0.219. The molecule has 0 radical (unpaired) electrons. The van der Waals surface area contributed by atoms with Crippen molar-refractivity contribution in [2.45, 2.75) is 0 Å². The standard InChI is InChI=1S/C17H10N2O3S/c18-8-11-6-15(23-16(11)10-4-2-1-3-5-10)13-7-12(17(21)22)14(20)9-19-13/h1-7,9,20H,(H,21,22). The molecule has 2 heterocycles. The van der Waals surface area contributed by atoms with Crippen LogP contribution in [0.5, 0.6) is 5.75 Å². The van der Waals surface area contributed by atoms with Crippen LogP contribution in [0.1, 0.15) is 15.9 Å². The molecule has 0 bridgehead atoms. The number of nitrogens with zero attached hydrogens (tertiary/aromatic N) is 2. The summed E-state index contributed by atoms with van der Waals surface area (Å²) in [6.07, 6.45) is 1.10. The third-order valence-electron chi connectivity index (χ3n) is 3.25. The van der Waals surface area contributed by atoms with E-state index in [2.05, 4.69) is 11.1 Å². The second kappa shape index (κ2) is 5.91. The second-order valence-electron chi connectivity index (χ2n) is 4.72. The van der Waals surface area contributed by atoms with Gasteiger partial charge in [0.25, 0.3) is 0 Å². The molecule has 0 saturated heterocycles. The van der Waals surface area contributed by atoms with Crippen molar-refractivity contribution in [1.82, 2.24) is 4.98 Å². The molecule has 0 aliphatic carbocycles. The van der Waals surface area contributed by atoms with Gasteiger partial charge in [0.1, 0.15) is 17.4 Å². The second-order valence-corrected chi connectivity index (χ2v) is 5.78. The zero-order chi connectivity index (χ0) is 16.4. The van der Waals surface area contributed by atoms with E-state index in [9.17, 15) is 15.2 Å². The lowest BCUT2D eigenvalue weighted by Crippen LogP contribution is -1.98. The van der Waals surface area contributed by atoms with Gasteiger partial charge >= 0.3 is 5.97 Å². The maximum Gasteiger partial charge on any atom is 0.339 e. The molecule has 0 saturated carbocycles. The van der Waals surface area contributed by atoms with Crippen molar-refractivity contribution < 1.29 is 15.0 Å². The first kappa shape index (κ1) is 14.8. The van der Waals surface area contributed by atoms with Crippen molar-refractivity contribution in [3.05, 3.63) is 59.8 Å². The summed E-state index contributed by atoms with van der Waals surface area (Å²) in [6, 6.07) is 14.6. The molecule has 0 aliphatic heterocycles. The summed E-state index contributed by atoms with van der Waals surface area (Å²) in [5.41, 5.74) is 1.60. The summed E-state index contributed by atoms with van der Waals surface area (Å²) < 4.78 is 0. The lowest BCUT2D eigenvalue weighted by Gasteiger charge is -2.01. The van der Waals surface area contributed by atoms with Gasteiger partial charge in [-0.15, -0.1) is 11.3 Å². The van der Waals surface area contributed by atoms with Crippen LogP contribution in [-0.2, 0) is 0 Å². The van der Waals surface area contributed by atoms with Crippen LogP contribution in [0.25, 0.3) is 21.0 Å². The van der Waals surface area contributed by atoms with E-state index >= 15 is 0 Å². The van der Waals surface area contributed by atoms with E-state index in [1.54, 1.807) is 6.07 Å². The Kier molecular flexibility index (Phi) is 3.79. The van der Waals surface area contributed by atoms with Gasteiger partial charge in [-0.25, -0.2) is 4.79 Å². The van der Waals surface area contributed by atoms with Crippen LogP contribution in [0.15, 0.2) is 48.7 Å². The Hall–Kier alpha value is -3.17. The number of hydrogen-bond donors (Lipinski definition) is 2. The van der Waals surface area contributed by atoms with Gasteiger partial charge in [-0.05, 0) is 17.7 Å². The molecule has 2 N–H and O–H groups in total. The minimum atomic E-state index is -1.23. The van der Waals surface area contributed by atoms with Crippen molar-refractivity contribution in [3.63, 3.8) is 0 Å².